The fourth-order valence-corrected chi connectivity index (χ4v) is 3.87. The van der Waals surface area contributed by atoms with E-state index >= 15 is 0 Å². The molecule has 0 fully saturated rings. The van der Waals surface area contributed by atoms with Gasteiger partial charge in [0, 0.05) is 22.5 Å². The Morgan fingerprint density at radius 3 is 2.81 bits per heavy atom. The zero-order valence-electron chi connectivity index (χ0n) is 11.9. The summed E-state index contributed by atoms with van der Waals surface area (Å²) >= 11 is 3.14. The third-order valence-electron chi connectivity index (χ3n) is 3.18. The molecule has 0 atom stereocenters. The predicted molar refractivity (Wildman–Crippen MR) is 87.5 cm³/mol. The van der Waals surface area contributed by atoms with E-state index < -0.39 is 0 Å². The maximum atomic E-state index is 12.0. The summed E-state index contributed by atoms with van der Waals surface area (Å²) < 4.78 is 2.10. The van der Waals surface area contributed by atoms with Crippen LogP contribution in [0.1, 0.15) is 17.1 Å². The summed E-state index contributed by atoms with van der Waals surface area (Å²) in [4.78, 5) is 20.7. The Bertz CT molecular complexity index is 682. The van der Waals surface area contributed by atoms with Crippen LogP contribution in [0, 0.1) is 13.8 Å². The molecule has 0 bridgehead atoms. The van der Waals surface area contributed by atoms with Crippen molar-refractivity contribution in [2.75, 3.05) is 12.3 Å². The first kappa shape index (κ1) is 14.3. The van der Waals surface area contributed by atoms with Crippen molar-refractivity contribution in [3.63, 3.8) is 0 Å². The number of carbonyl (C=O) groups excluding carboxylic acids is 1. The van der Waals surface area contributed by atoms with Gasteiger partial charge in [-0.05, 0) is 26.0 Å². The average Bonchev–Trinajstić information content (AvgIpc) is 3.13. The van der Waals surface area contributed by atoms with Crippen LogP contribution < -0.4 is 5.32 Å². The lowest BCUT2D eigenvalue weighted by atomic mass is 10.3. The van der Waals surface area contributed by atoms with Gasteiger partial charge in [-0.25, -0.2) is 4.98 Å². The molecule has 0 aliphatic carbocycles. The summed E-state index contributed by atoms with van der Waals surface area (Å²) in [5.74, 6) is 0.892. The van der Waals surface area contributed by atoms with Gasteiger partial charge in [-0.3, -0.25) is 14.4 Å². The normalized spacial score (nSPS) is 14.3. The lowest BCUT2D eigenvalue weighted by Gasteiger charge is -2.04. The standard InChI is InChI=1S/C14H16N4OS2/c1-9-3-4-10(2)18(9)14-16-11(8-21-14)7-12(19)17-13-15-5-6-20-13/h3-4,8H,5-7H2,1-2H3,(H,15,17,19). The van der Waals surface area contributed by atoms with Crippen molar-refractivity contribution in [1.29, 1.82) is 0 Å². The van der Waals surface area contributed by atoms with E-state index in [0.29, 0.717) is 0 Å². The molecule has 1 amide bonds. The molecule has 21 heavy (non-hydrogen) atoms. The molecule has 0 aromatic carbocycles. The van der Waals surface area contributed by atoms with Crippen LogP contribution in [0.5, 0.6) is 0 Å². The number of amides is 1. The van der Waals surface area contributed by atoms with Crippen molar-refractivity contribution in [3.05, 3.63) is 34.6 Å². The zero-order chi connectivity index (χ0) is 14.8. The Morgan fingerprint density at radius 1 is 1.38 bits per heavy atom. The van der Waals surface area contributed by atoms with Crippen molar-refractivity contribution >= 4 is 34.2 Å². The minimum absolute atomic E-state index is 0.0547. The molecule has 1 N–H and O–H groups in total. The van der Waals surface area contributed by atoms with E-state index in [2.05, 4.69) is 45.8 Å². The average molecular weight is 320 g/mol. The maximum Gasteiger partial charge on any atom is 0.231 e. The first-order valence-electron chi connectivity index (χ1n) is 6.70. The number of aromatic nitrogens is 2. The number of hydrogen-bond donors (Lipinski definition) is 1. The van der Waals surface area contributed by atoms with Gasteiger partial charge in [0.15, 0.2) is 10.3 Å². The highest BCUT2D eigenvalue weighted by Gasteiger charge is 2.14. The summed E-state index contributed by atoms with van der Waals surface area (Å²) in [7, 11) is 0. The van der Waals surface area contributed by atoms with Gasteiger partial charge >= 0.3 is 0 Å². The third-order valence-corrected chi connectivity index (χ3v) is 4.94. The summed E-state index contributed by atoms with van der Waals surface area (Å²) in [6.07, 6.45) is 0.287. The van der Waals surface area contributed by atoms with E-state index in [1.54, 1.807) is 23.1 Å². The summed E-state index contributed by atoms with van der Waals surface area (Å²) in [5.41, 5.74) is 3.09. The second kappa shape index (κ2) is 6.03. The van der Waals surface area contributed by atoms with E-state index in [1.165, 1.54) is 0 Å². The van der Waals surface area contributed by atoms with Gasteiger partial charge in [0.25, 0.3) is 0 Å². The fraction of sp³-hybridized carbons (Fsp3) is 0.357. The van der Waals surface area contributed by atoms with Crippen LogP contribution in [-0.4, -0.2) is 32.9 Å². The second-order valence-electron chi connectivity index (χ2n) is 4.83. The lowest BCUT2D eigenvalue weighted by molar-refractivity contribution is -0.119. The molecule has 3 heterocycles. The Kier molecular flexibility index (Phi) is 4.12. The van der Waals surface area contributed by atoms with Crippen molar-refractivity contribution < 1.29 is 4.79 Å². The zero-order valence-corrected chi connectivity index (χ0v) is 13.6. The van der Waals surface area contributed by atoms with E-state index in [1.807, 2.05) is 5.38 Å². The van der Waals surface area contributed by atoms with Crippen molar-refractivity contribution in [1.82, 2.24) is 14.9 Å². The van der Waals surface area contributed by atoms with E-state index in [9.17, 15) is 4.79 Å². The van der Waals surface area contributed by atoms with Gasteiger partial charge in [-0.1, -0.05) is 11.8 Å². The van der Waals surface area contributed by atoms with Crippen LogP contribution in [0.3, 0.4) is 0 Å². The fourth-order valence-electron chi connectivity index (χ4n) is 2.19. The van der Waals surface area contributed by atoms with Gasteiger partial charge in [0.2, 0.25) is 5.91 Å². The number of amidine groups is 1. The minimum Gasteiger partial charge on any atom is -0.305 e. The number of thioether (sulfide) groups is 1. The molecular weight excluding hydrogens is 304 g/mol. The van der Waals surface area contributed by atoms with Crippen molar-refractivity contribution in [3.8, 4) is 5.13 Å². The first-order chi connectivity index (χ1) is 10.1. The van der Waals surface area contributed by atoms with E-state index in [-0.39, 0.29) is 12.3 Å². The first-order valence-corrected chi connectivity index (χ1v) is 8.57. The topological polar surface area (TPSA) is 59.3 Å². The number of hydrogen-bond acceptors (Lipinski definition) is 5. The third kappa shape index (κ3) is 3.19. The van der Waals surface area contributed by atoms with Gasteiger partial charge in [0.1, 0.15) is 0 Å². The van der Waals surface area contributed by atoms with Crippen LogP contribution in [-0.2, 0) is 11.2 Å². The van der Waals surface area contributed by atoms with E-state index in [0.717, 1.165) is 39.7 Å². The molecule has 0 radical (unpaired) electrons. The van der Waals surface area contributed by atoms with Crippen LogP contribution >= 0.6 is 23.1 Å². The molecule has 2 aromatic heterocycles. The number of carbonyl (C=O) groups is 1. The molecule has 0 saturated heterocycles. The number of aryl methyl sites for hydroxylation is 2. The number of nitrogens with one attached hydrogen (secondary N) is 1. The molecule has 110 valence electrons. The minimum atomic E-state index is -0.0547. The largest absolute Gasteiger partial charge is 0.305 e. The lowest BCUT2D eigenvalue weighted by Crippen LogP contribution is -2.28. The SMILES string of the molecule is Cc1ccc(C)n1-c1nc(CC(=O)NC2=NCCS2)cs1. The Morgan fingerprint density at radius 2 is 2.14 bits per heavy atom. The van der Waals surface area contributed by atoms with Crippen LogP contribution in [0.15, 0.2) is 22.5 Å². The van der Waals surface area contributed by atoms with Gasteiger partial charge < -0.3 is 5.32 Å². The quantitative estimate of drug-likeness (QED) is 0.944. The molecule has 3 rings (SSSR count). The highest BCUT2D eigenvalue weighted by atomic mass is 32.2. The highest BCUT2D eigenvalue weighted by Crippen LogP contribution is 2.20. The number of rotatable bonds is 3. The monoisotopic (exact) mass is 320 g/mol. The number of nitrogens with zero attached hydrogens (tertiary/aromatic N) is 3. The van der Waals surface area contributed by atoms with Crippen LogP contribution in [0.4, 0.5) is 0 Å². The highest BCUT2D eigenvalue weighted by molar-refractivity contribution is 8.14. The molecule has 1 aliphatic heterocycles. The molecule has 1 aliphatic rings. The van der Waals surface area contributed by atoms with Gasteiger partial charge in [-0.15, -0.1) is 11.3 Å². The van der Waals surface area contributed by atoms with Gasteiger partial charge in [-0.2, -0.15) is 0 Å². The van der Waals surface area contributed by atoms with Gasteiger partial charge in [0.05, 0.1) is 18.7 Å². The Labute approximate surface area is 131 Å². The van der Waals surface area contributed by atoms with Crippen LogP contribution in [0.2, 0.25) is 0 Å². The molecule has 2 aromatic rings. The Hall–Kier alpha value is -1.60. The molecular formula is C14H16N4OS2. The van der Waals surface area contributed by atoms with Crippen molar-refractivity contribution in [2.45, 2.75) is 20.3 Å². The number of thiazole rings is 1. The summed E-state index contributed by atoms with van der Waals surface area (Å²) in [5, 5.41) is 6.40. The second-order valence-corrected chi connectivity index (χ2v) is 6.75. The smallest absolute Gasteiger partial charge is 0.231 e. The summed E-state index contributed by atoms with van der Waals surface area (Å²) in [6, 6.07) is 4.14. The predicted octanol–water partition coefficient (Wildman–Crippen LogP) is 2.31. The van der Waals surface area contributed by atoms with Crippen LogP contribution in [0.25, 0.3) is 5.13 Å². The molecule has 0 unspecified atom stereocenters. The van der Waals surface area contributed by atoms with Crippen molar-refractivity contribution in [2.24, 2.45) is 4.99 Å². The Balaban J connectivity index is 1.69. The van der Waals surface area contributed by atoms with E-state index in [4.69, 9.17) is 0 Å². The molecule has 0 saturated carbocycles. The maximum absolute atomic E-state index is 12.0. The molecule has 5 nitrogen and oxygen atoms in total. The molecule has 0 spiro atoms. The number of aliphatic imine (C=N–C) groups is 1. The molecule has 7 heteroatoms. The summed E-state index contributed by atoms with van der Waals surface area (Å²) in [6.45, 7) is 4.89.